The van der Waals surface area contributed by atoms with E-state index in [1.165, 1.54) is 46.2 Å². The van der Waals surface area contributed by atoms with E-state index in [1.807, 2.05) is 0 Å². The van der Waals surface area contributed by atoms with Gasteiger partial charge in [-0.2, -0.15) is 15.0 Å². The van der Waals surface area contributed by atoms with Crippen LogP contribution < -0.4 is 28.5 Å². The van der Waals surface area contributed by atoms with Crippen molar-refractivity contribution in [3.8, 4) is 0 Å². The van der Waals surface area contributed by atoms with Gasteiger partial charge in [0.25, 0.3) is 5.56 Å². The SMILES string of the molecule is Nc1ccn([C@H]2C[C@H](OP(=O)(O)OC[C@H]3O[C@@H](n4ccc5c(=O)[nH]c(N)nc54)C[C@@H]3O)[C@@H](COP(=O)(O)O[C@H]3C[C@H](n4cnc5cnc(N)nc54)O[C@@H]3CO)O2)c(=O)n1. The molecule has 0 spiro atoms. The van der Waals surface area contributed by atoms with Crippen molar-refractivity contribution in [2.45, 2.75) is 74.6 Å². The summed E-state index contributed by atoms with van der Waals surface area (Å²) in [5.74, 6) is -0.248. The molecule has 5 aromatic heterocycles. The summed E-state index contributed by atoms with van der Waals surface area (Å²) in [6.07, 6.45) is -5.10. The van der Waals surface area contributed by atoms with Crippen LogP contribution in [0.1, 0.15) is 37.9 Å². The van der Waals surface area contributed by atoms with Crippen molar-refractivity contribution in [2.24, 2.45) is 0 Å². The molecule has 27 nitrogen and oxygen atoms in total. The zero-order valence-corrected chi connectivity index (χ0v) is 32.2. The van der Waals surface area contributed by atoms with Gasteiger partial charge in [-0.3, -0.25) is 37.0 Å². The molecule has 3 saturated heterocycles. The summed E-state index contributed by atoms with van der Waals surface area (Å²) in [4.78, 5) is 69.0. The van der Waals surface area contributed by atoms with Gasteiger partial charge in [-0.05, 0) is 12.1 Å². The Hall–Kier alpha value is -4.73. The molecule has 3 fully saturated rings. The summed E-state index contributed by atoms with van der Waals surface area (Å²) < 4.78 is 69.7. The third-order valence-electron chi connectivity index (χ3n) is 9.80. The van der Waals surface area contributed by atoms with Gasteiger partial charge in [0.1, 0.15) is 60.5 Å². The van der Waals surface area contributed by atoms with Crippen molar-refractivity contribution in [1.29, 1.82) is 0 Å². The number of aliphatic hydroxyl groups excluding tert-OH is 2. The highest BCUT2D eigenvalue weighted by atomic mass is 31.2. The number of hydrogen-bond acceptors (Lipinski definition) is 21. The van der Waals surface area contributed by atoms with Crippen LogP contribution in [0.4, 0.5) is 17.7 Å². The average Bonchev–Trinajstić information content (AvgIpc) is 4.00. The van der Waals surface area contributed by atoms with Crippen molar-refractivity contribution < 1.29 is 61.4 Å². The van der Waals surface area contributed by atoms with Gasteiger partial charge < -0.3 is 56.0 Å². The molecule has 29 heteroatoms. The normalized spacial score (nSPS) is 29.3. The Kier molecular flexibility index (Phi) is 11.1. The van der Waals surface area contributed by atoms with E-state index in [0.717, 1.165) is 4.57 Å². The number of phosphoric ester groups is 2. The number of anilines is 3. The first kappa shape index (κ1) is 41.0. The number of hydrogen-bond donors (Lipinski definition) is 8. The molecule has 2 unspecified atom stereocenters. The lowest BCUT2D eigenvalue weighted by Crippen LogP contribution is -2.31. The molecule has 0 saturated carbocycles. The second-order valence-electron chi connectivity index (χ2n) is 13.7. The number of nitrogens with two attached hydrogens (primary N) is 3. The molecule has 5 aromatic rings. The van der Waals surface area contributed by atoms with Crippen molar-refractivity contribution in [3.05, 3.63) is 57.9 Å². The van der Waals surface area contributed by atoms with Crippen molar-refractivity contribution in [1.82, 2.24) is 43.6 Å². The lowest BCUT2D eigenvalue weighted by Gasteiger charge is -2.24. The number of nitrogens with zero attached hydrogens (tertiary/aromatic N) is 8. The number of fused-ring (bicyclic) bond motifs is 2. The van der Waals surface area contributed by atoms with E-state index in [2.05, 4.69) is 29.9 Å². The van der Waals surface area contributed by atoms with E-state index in [0.29, 0.717) is 11.2 Å². The van der Waals surface area contributed by atoms with Crippen LogP contribution in [0.15, 0.2) is 46.6 Å². The summed E-state index contributed by atoms with van der Waals surface area (Å²) in [6.45, 7) is -2.04. The number of aliphatic hydroxyl groups is 2. The fraction of sp³-hybridized carbons (Fsp3) is 0.500. The van der Waals surface area contributed by atoms with Crippen LogP contribution in [-0.2, 0) is 41.4 Å². The molecule has 3 aliphatic rings. The number of phosphoric acid groups is 2. The quantitative estimate of drug-likeness (QED) is 0.0607. The van der Waals surface area contributed by atoms with Crippen molar-refractivity contribution >= 4 is 55.6 Å². The number of nitrogens with one attached hydrogen (secondary N) is 1. The molecule has 0 aliphatic carbocycles. The average molecular weight is 869 g/mol. The zero-order chi connectivity index (χ0) is 41.8. The highest BCUT2D eigenvalue weighted by molar-refractivity contribution is 7.47. The number of rotatable bonds is 14. The Morgan fingerprint density at radius 3 is 2.14 bits per heavy atom. The van der Waals surface area contributed by atoms with Crippen LogP contribution in [0.3, 0.4) is 0 Å². The lowest BCUT2D eigenvalue weighted by atomic mass is 10.2. The van der Waals surface area contributed by atoms with Gasteiger partial charge in [0.15, 0.2) is 11.3 Å². The first-order chi connectivity index (χ1) is 28.1. The largest absolute Gasteiger partial charge is 0.472 e. The Labute approximate surface area is 329 Å². The Morgan fingerprint density at radius 1 is 0.797 bits per heavy atom. The highest BCUT2D eigenvalue weighted by Crippen LogP contribution is 2.52. The van der Waals surface area contributed by atoms with E-state index in [9.17, 15) is 38.7 Å². The van der Waals surface area contributed by atoms with Crippen LogP contribution in [0.5, 0.6) is 0 Å². The highest BCUT2D eigenvalue weighted by Gasteiger charge is 2.46. The predicted octanol–water partition coefficient (Wildman–Crippen LogP) is -1.21. The molecular formula is C30H38N12O15P2. The predicted molar refractivity (Wildman–Crippen MR) is 197 cm³/mol. The third kappa shape index (κ3) is 8.64. The monoisotopic (exact) mass is 868 g/mol. The van der Waals surface area contributed by atoms with Crippen LogP contribution in [-0.4, -0.2) is 120 Å². The molecule has 3 aliphatic heterocycles. The van der Waals surface area contributed by atoms with E-state index < -0.39 is 102 Å². The Morgan fingerprint density at radius 2 is 1.42 bits per heavy atom. The molecule has 318 valence electrons. The maximum Gasteiger partial charge on any atom is 0.472 e. The van der Waals surface area contributed by atoms with Crippen molar-refractivity contribution in [3.63, 3.8) is 0 Å². The summed E-state index contributed by atoms with van der Waals surface area (Å²) >= 11 is 0. The minimum absolute atomic E-state index is 0.00872. The number of nitrogen functional groups attached to an aromatic ring is 3. The zero-order valence-electron chi connectivity index (χ0n) is 30.4. The number of aromatic amines is 1. The van der Waals surface area contributed by atoms with Crippen molar-refractivity contribution in [2.75, 3.05) is 37.0 Å². The van der Waals surface area contributed by atoms with E-state index in [4.69, 9.17) is 49.5 Å². The summed E-state index contributed by atoms with van der Waals surface area (Å²) in [7, 11) is -10.0. The van der Waals surface area contributed by atoms with Gasteiger partial charge in [-0.1, -0.05) is 0 Å². The maximum atomic E-state index is 13.3. The van der Waals surface area contributed by atoms with Gasteiger partial charge in [0, 0.05) is 31.7 Å². The smallest absolute Gasteiger partial charge is 0.394 e. The molecule has 11 atom stereocenters. The second-order valence-corrected chi connectivity index (χ2v) is 16.5. The van der Waals surface area contributed by atoms with E-state index >= 15 is 0 Å². The molecular weight excluding hydrogens is 830 g/mol. The van der Waals surface area contributed by atoms with E-state index in [1.54, 1.807) is 0 Å². The fourth-order valence-electron chi connectivity index (χ4n) is 7.04. The van der Waals surface area contributed by atoms with Gasteiger partial charge in [-0.15, -0.1) is 0 Å². The van der Waals surface area contributed by atoms with E-state index in [-0.39, 0.29) is 48.0 Å². The molecule has 11 N–H and O–H groups in total. The van der Waals surface area contributed by atoms with Gasteiger partial charge in [0.2, 0.25) is 11.9 Å². The van der Waals surface area contributed by atoms with Crippen LogP contribution in [0, 0.1) is 0 Å². The summed E-state index contributed by atoms with van der Waals surface area (Å²) in [6, 6.07) is 2.80. The van der Waals surface area contributed by atoms with Crippen LogP contribution in [0.2, 0.25) is 0 Å². The first-order valence-electron chi connectivity index (χ1n) is 17.8. The molecule has 0 amide bonds. The number of ether oxygens (including phenoxy) is 3. The first-order valence-corrected chi connectivity index (χ1v) is 20.8. The standard InChI is InChI=1S/C30H38N12O15P2/c31-21-2-4-41(30(46)36-21)23-7-17(57-58(47,48)51-10-19-15(44)5-22(54-19)40-3-1-13-25(40)37-29(33)39-27(13)45)20(55-23)11-52-59(49,50)56-16-6-24(53-18(16)9-43)42-12-35-14-8-34-28(32)38-26(14)42/h1-4,8,12,15-20,22-24,43-44H,5-7,9-11H2,(H,47,48)(H,49,50)(H2,31,36,46)(H2,32,34,38)(H3,33,37,39,45)/t15-,16-,17-,18+,19+,20+,22+,23+,24+/m0/s1. The summed E-state index contributed by atoms with van der Waals surface area (Å²) in [5.41, 5.74) is 16.6. The number of H-pyrrole nitrogens is 1. The molecule has 59 heavy (non-hydrogen) atoms. The molecule has 0 radical (unpaired) electrons. The lowest BCUT2D eigenvalue weighted by molar-refractivity contribution is -0.0609. The molecule has 8 rings (SSSR count). The van der Waals surface area contributed by atoms with Gasteiger partial charge in [0.05, 0.1) is 43.8 Å². The molecule has 8 heterocycles. The molecule has 0 aromatic carbocycles. The maximum absolute atomic E-state index is 13.3. The van der Waals surface area contributed by atoms with Crippen LogP contribution >= 0.6 is 15.6 Å². The topological polar surface area (TPSA) is 387 Å². The Balaban J connectivity index is 0.927. The minimum atomic E-state index is -5.04. The third-order valence-corrected chi connectivity index (χ3v) is 11.8. The number of aromatic nitrogens is 9. The summed E-state index contributed by atoms with van der Waals surface area (Å²) in [5, 5.41) is 21.0. The second kappa shape index (κ2) is 16.0. The fourth-order valence-corrected chi connectivity index (χ4v) is 8.96. The minimum Gasteiger partial charge on any atom is -0.394 e. The Bertz CT molecular complexity index is 2570. The van der Waals surface area contributed by atoms with Gasteiger partial charge >= 0.3 is 21.3 Å². The van der Waals surface area contributed by atoms with Gasteiger partial charge in [-0.25, -0.2) is 23.9 Å². The van der Waals surface area contributed by atoms with Crippen LogP contribution in [0.25, 0.3) is 22.2 Å². The molecule has 0 bridgehead atoms. The number of imidazole rings is 1.